The lowest BCUT2D eigenvalue weighted by Gasteiger charge is -2.51. The van der Waals surface area contributed by atoms with Crippen LogP contribution in [0.1, 0.15) is 63.2 Å². The second kappa shape index (κ2) is 7.72. The topological polar surface area (TPSA) is 32.3 Å². The zero-order valence-electron chi connectivity index (χ0n) is 15.7. The molecule has 0 spiro atoms. The van der Waals surface area contributed by atoms with Crippen molar-refractivity contribution in [1.29, 1.82) is 0 Å². The molecule has 0 amide bonds. The van der Waals surface area contributed by atoms with Crippen molar-refractivity contribution in [3.63, 3.8) is 0 Å². The molecular formula is C23H31NO. The number of rotatable bonds is 5. The van der Waals surface area contributed by atoms with E-state index in [0.717, 1.165) is 19.3 Å². The molecule has 1 aliphatic rings. The summed E-state index contributed by atoms with van der Waals surface area (Å²) in [4.78, 5) is 0. The highest BCUT2D eigenvalue weighted by molar-refractivity contribution is 5.27. The predicted octanol–water partition coefficient (Wildman–Crippen LogP) is 5.27. The van der Waals surface area contributed by atoms with Crippen LogP contribution < -0.4 is 5.32 Å². The van der Waals surface area contributed by atoms with Gasteiger partial charge in [-0.25, -0.2) is 0 Å². The molecule has 25 heavy (non-hydrogen) atoms. The standard InChI is InChI=1S/C23H31NO/c1-4-15-23(25)16-20(18-11-7-5-8-12-18)24-22(21(23)17(2)3)19-13-9-6-10-14-19/h5-14,17,20-22,24-25H,4,15-16H2,1-3H3. The van der Waals surface area contributed by atoms with E-state index in [4.69, 9.17) is 0 Å². The molecule has 0 aliphatic carbocycles. The van der Waals surface area contributed by atoms with Crippen molar-refractivity contribution in [3.05, 3.63) is 71.8 Å². The van der Waals surface area contributed by atoms with Crippen molar-refractivity contribution in [1.82, 2.24) is 5.32 Å². The minimum Gasteiger partial charge on any atom is -0.389 e. The summed E-state index contributed by atoms with van der Waals surface area (Å²) >= 11 is 0. The molecule has 0 radical (unpaired) electrons. The quantitative estimate of drug-likeness (QED) is 0.779. The predicted molar refractivity (Wildman–Crippen MR) is 104 cm³/mol. The Hall–Kier alpha value is -1.64. The van der Waals surface area contributed by atoms with Crippen molar-refractivity contribution >= 4 is 0 Å². The summed E-state index contributed by atoms with van der Waals surface area (Å²) in [5.74, 6) is 0.612. The summed E-state index contributed by atoms with van der Waals surface area (Å²) in [5.41, 5.74) is 1.89. The Labute approximate surface area is 152 Å². The number of nitrogens with one attached hydrogen (secondary N) is 1. The van der Waals surface area contributed by atoms with Gasteiger partial charge in [-0.05, 0) is 29.9 Å². The fourth-order valence-electron chi connectivity index (χ4n) is 4.75. The van der Waals surface area contributed by atoms with Crippen molar-refractivity contribution in [3.8, 4) is 0 Å². The summed E-state index contributed by atoms with van der Waals surface area (Å²) in [7, 11) is 0. The molecule has 4 unspecified atom stereocenters. The third-order valence-electron chi connectivity index (χ3n) is 5.68. The Morgan fingerprint density at radius 1 is 1.00 bits per heavy atom. The smallest absolute Gasteiger partial charge is 0.0714 e. The van der Waals surface area contributed by atoms with E-state index >= 15 is 0 Å². The molecule has 1 fully saturated rings. The van der Waals surface area contributed by atoms with Crippen molar-refractivity contribution in [2.75, 3.05) is 0 Å². The van der Waals surface area contributed by atoms with Gasteiger partial charge in [0, 0.05) is 18.0 Å². The molecule has 0 saturated carbocycles. The van der Waals surface area contributed by atoms with E-state index in [-0.39, 0.29) is 18.0 Å². The Morgan fingerprint density at radius 2 is 1.56 bits per heavy atom. The average molecular weight is 338 g/mol. The van der Waals surface area contributed by atoms with E-state index < -0.39 is 5.60 Å². The third-order valence-corrected chi connectivity index (χ3v) is 5.68. The Kier molecular flexibility index (Phi) is 5.61. The molecule has 0 aromatic heterocycles. The summed E-state index contributed by atoms with van der Waals surface area (Å²) in [5, 5.41) is 15.6. The fraction of sp³-hybridized carbons (Fsp3) is 0.478. The first-order valence-electron chi connectivity index (χ1n) is 9.63. The highest BCUT2D eigenvalue weighted by Crippen LogP contribution is 2.48. The van der Waals surface area contributed by atoms with E-state index in [2.05, 4.69) is 86.8 Å². The maximum Gasteiger partial charge on any atom is 0.0714 e. The maximum absolute atomic E-state index is 11.7. The van der Waals surface area contributed by atoms with Gasteiger partial charge in [0.15, 0.2) is 0 Å². The van der Waals surface area contributed by atoms with Gasteiger partial charge in [-0.2, -0.15) is 0 Å². The van der Waals surface area contributed by atoms with Crippen LogP contribution in [0.25, 0.3) is 0 Å². The van der Waals surface area contributed by atoms with Crippen molar-refractivity contribution in [2.24, 2.45) is 11.8 Å². The largest absolute Gasteiger partial charge is 0.389 e. The molecule has 2 N–H and O–H groups in total. The van der Waals surface area contributed by atoms with Crippen LogP contribution in [0.15, 0.2) is 60.7 Å². The lowest BCUT2D eigenvalue weighted by Crippen LogP contribution is -2.55. The SMILES string of the molecule is CCCC1(O)CC(c2ccccc2)NC(c2ccccc2)C1C(C)C. The van der Waals surface area contributed by atoms with E-state index in [1.807, 2.05) is 0 Å². The highest BCUT2D eigenvalue weighted by atomic mass is 16.3. The van der Waals surface area contributed by atoms with Gasteiger partial charge >= 0.3 is 0 Å². The molecular weight excluding hydrogens is 306 g/mol. The minimum absolute atomic E-state index is 0.164. The first-order chi connectivity index (χ1) is 12.0. The maximum atomic E-state index is 11.7. The Bertz CT molecular complexity index is 654. The van der Waals surface area contributed by atoms with Crippen LogP contribution in [-0.4, -0.2) is 10.7 Å². The normalized spacial score (nSPS) is 29.7. The Morgan fingerprint density at radius 3 is 2.08 bits per heavy atom. The molecule has 2 aromatic carbocycles. The van der Waals surface area contributed by atoms with E-state index in [1.54, 1.807) is 0 Å². The molecule has 2 heteroatoms. The van der Waals surface area contributed by atoms with Gasteiger partial charge in [-0.1, -0.05) is 87.9 Å². The molecule has 1 saturated heterocycles. The molecule has 3 rings (SSSR count). The van der Waals surface area contributed by atoms with Crippen LogP contribution in [0.3, 0.4) is 0 Å². The average Bonchev–Trinajstić information content (AvgIpc) is 2.62. The van der Waals surface area contributed by atoms with Gasteiger partial charge < -0.3 is 10.4 Å². The van der Waals surface area contributed by atoms with Gasteiger partial charge in [-0.3, -0.25) is 0 Å². The first kappa shape index (κ1) is 18.2. The number of hydrogen-bond donors (Lipinski definition) is 2. The minimum atomic E-state index is -0.644. The number of hydrogen-bond acceptors (Lipinski definition) is 2. The van der Waals surface area contributed by atoms with E-state index in [1.165, 1.54) is 11.1 Å². The van der Waals surface area contributed by atoms with E-state index in [0.29, 0.717) is 5.92 Å². The lowest BCUT2D eigenvalue weighted by molar-refractivity contribution is -0.0982. The molecule has 4 atom stereocenters. The Balaban J connectivity index is 2.02. The number of benzene rings is 2. The van der Waals surface area contributed by atoms with Gasteiger partial charge in [0.1, 0.15) is 0 Å². The molecule has 0 bridgehead atoms. The van der Waals surface area contributed by atoms with Gasteiger partial charge in [-0.15, -0.1) is 0 Å². The van der Waals surface area contributed by atoms with Crippen LogP contribution in [0.5, 0.6) is 0 Å². The number of aliphatic hydroxyl groups is 1. The van der Waals surface area contributed by atoms with E-state index in [9.17, 15) is 5.11 Å². The molecule has 2 nitrogen and oxygen atoms in total. The van der Waals surface area contributed by atoms with Crippen LogP contribution >= 0.6 is 0 Å². The molecule has 1 heterocycles. The van der Waals surface area contributed by atoms with Crippen LogP contribution in [-0.2, 0) is 0 Å². The second-order valence-electron chi connectivity index (χ2n) is 7.85. The summed E-state index contributed by atoms with van der Waals surface area (Å²) in [6, 6.07) is 21.5. The van der Waals surface area contributed by atoms with Gasteiger partial charge in [0.2, 0.25) is 0 Å². The van der Waals surface area contributed by atoms with Gasteiger partial charge in [0.05, 0.1) is 5.60 Å². The van der Waals surface area contributed by atoms with Crippen molar-refractivity contribution < 1.29 is 5.11 Å². The van der Waals surface area contributed by atoms with Crippen LogP contribution in [0.2, 0.25) is 0 Å². The summed E-state index contributed by atoms with van der Waals surface area (Å²) < 4.78 is 0. The third kappa shape index (κ3) is 3.80. The zero-order valence-corrected chi connectivity index (χ0v) is 15.7. The van der Waals surface area contributed by atoms with Gasteiger partial charge in [0.25, 0.3) is 0 Å². The lowest BCUT2D eigenvalue weighted by atomic mass is 9.65. The number of piperidine rings is 1. The molecule has 134 valence electrons. The second-order valence-corrected chi connectivity index (χ2v) is 7.85. The summed E-state index contributed by atoms with van der Waals surface area (Å²) in [6.45, 7) is 6.66. The van der Waals surface area contributed by atoms with Crippen LogP contribution in [0, 0.1) is 11.8 Å². The monoisotopic (exact) mass is 337 g/mol. The first-order valence-corrected chi connectivity index (χ1v) is 9.63. The summed E-state index contributed by atoms with van der Waals surface area (Å²) in [6.07, 6.45) is 2.63. The molecule has 2 aromatic rings. The zero-order chi connectivity index (χ0) is 17.9. The molecule has 1 aliphatic heterocycles. The van der Waals surface area contributed by atoms with Crippen LogP contribution in [0.4, 0.5) is 0 Å². The highest BCUT2D eigenvalue weighted by Gasteiger charge is 2.48. The van der Waals surface area contributed by atoms with Crippen molar-refractivity contribution in [2.45, 2.75) is 57.7 Å². The fourth-order valence-corrected chi connectivity index (χ4v) is 4.75.